The van der Waals surface area contributed by atoms with E-state index in [2.05, 4.69) is 5.32 Å². The van der Waals surface area contributed by atoms with Crippen LogP contribution in [0, 0.1) is 0 Å². The van der Waals surface area contributed by atoms with E-state index in [4.69, 9.17) is 5.73 Å². The Morgan fingerprint density at radius 1 is 0.885 bits per heavy atom. The van der Waals surface area contributed by atoms with Gasteiger partial charge in [0, 0.05) is 5.56 Å². The highest BCUT2D eigenvalue weighted by Gasteiger charge is 2.18. The third-order valence-corrected chi connectivity index (χ3v) is 4.46. The third-order valence-electron chi connectivity index (χ3n) is 4.46. The lowest BCUT2D eigenvalue weighted by Gasteiger charge is -2.16. The molecule has 0 aliphatic heterocycles. The summed E-state index contributed by atoms with van der Waals surface area (Å²) in [6.45, 7) is 0. The molecule has 0 unspecified atom stereocenters. The molecule has 0 spiro atoms. The monoisotopic (exact) mass is 346 g/mol. The molecule has 0 saturated carbocycles. The molecular formula is C22H22N2O2. The molecule has 0 fully saturated rings. The number of aryl methyl sites for hydroxylation is 1. The van der Waals surface area contributed by atoms with Crippen molar-refractivity contribution in [1.82, 2.24) is 5.32 Å². The second-order valence-corrected chi connectivity index (χ2v) is 6.37. The number of primary amides is 1. The minimum absolute atomic E-state index is 0.278. The molecule has 4 heteroatoms. The zero-order valence-electron chi connectivity index (χ0n) is 14.5. The van der Waals surface area contributed by atoms with Crippen molar-refractivity contribution in [2.75, 3.05) is 0 Å². The largest absolute Gasteiger partial charge is 0.368 e. The molecule has 0 aliphatic rings. The van der Waals surface area contributed by atoms with Gasteiger partial charge in [0.05, 0.1) is 0 Å². The van der Waals surface area contributed by atoms with Gasteiger partial charge in [0.15, 0.2) is 0 Å². The first-order chi connectivity index (χ1) is 12.6. The molecule has 3 rings (SSSR count). The molecule has 2 amide bonds. The maximum absolute atomic E-state index is 12.5. The van der Waals surface area contributed by atoms with Crippen LogP contribution in [0.3, 0.4) is 0 Å². The lowest BCUT2D eigenvalue weighted by molar-refractivity contribution is -0.120. The molecule has 3 N–H and O–H groups in total. The second kappa shape index (κ2) is 8.30. The van der Waals surface area contributed by atoms with Gasteiger partial charge in [-0.1, -0.05) is 60.7 Å². The van der Waals surface area contributed by atoms with Gasteiger partial charge in [0.25, 0.3) is 5.91 Å². The van der Waals surface area contributed by atoms with Crippen molar-refractivity contribution in [1.29, 1.82) is 0 Å². The van der Waals surface area contributed by atoms with Crippen LogP contribution >= 0.6 is 0 Å². The van der Waals surface area contributed by atoms with Crippen LogP contribution in [-0.2, 0) is 11.2 Å². The van der Waals surface area contributed by atoms with E-state index in [0.717, 1.165) is 23.6 Å². The maximum atomic E-state index is 12.5. The molecule has 3 aromatic carbocycles. The van der Waals surface area contributed by atoms with Crippen LogP contribution in [0.2, 0.25) is 0 Å². The van der Waals surface area contributed by atoms with Gasteiger partial charge in [-0.2, -0.15) is 0 Å². The molecule has 0 heterocycles. The Morgan fingerprint density at radius 3 is 2.31 bits per heavy atom. The molecule has 3 aromatic rings. The van der Waals surface area contributed by atoms with Crippen molar-refractivity contribution in [3.05, 3.63) is 83.9 Å². The number of nitrogens with two attached hydrogens (primary N) is 1. The van der Waals surface area contributed by atoms with Crippen LogP contribution in [-0.4, -0.2) is 17.9 Å². The number of hydrogen-bond donors (Lipinski definition) is 2. The van der Waals surface area contributed by atoms with E-state index in [0.29, 0.717) is 12.0 Å². The van der Waals surface area contributed by atoms with E-state index >= 15 is 0 Å². The van der Waals surface area contributed by atoms with Crippen molar-refractivity contribution >= 4 is 22.6 Å². The summed E-state index contributed by atoms with van der Waals surface area (Å²) in [6, 6.07) is 22.7. The fourth-order valence-corrected chi connectivity index (χ4v) is 3.01. The van der Waals surface area contributed by atoms with Crippen molar-refractivity contribution < 1.29 is 9.59 Å². The summed E-state index contributed by atoms with van der Waals surface area (Å²) in [5.41, 5.74) is 7.21. The summed E-state index contributed by atoms with van der Waals surface area (Å²) in [4.78, 5) is 24.2. The van der Waals surface area contributed by atoms with Crippen molar-refractivity contribution in [3.63, 3.8) is 0 Å². The number of hydrogen-bond acceptors (Lipinski definition) is 2. The minimum atomic E-state index is -0.669. The van der Waals surface area contributed by atoms with Gasteiger partial charge in [0.2, 0.25) is 5.91 Å². The van der Waals surface area contributed by atoms with Gasteiger partial charge in [0.1, 0.15) is 6.04 Å². The zero-order valence-corrected chi connectivity index (χ0v) is 14.5. The van der Waals surface area contributed by atoms with Crippen LogP contribution < -0.4 is 11.1 Å². The lowest BCUT2D eigenvalue weighted by atomic mass is 10.0. The Balaban J connectivity index is 1.62. The smallest absolute Gasteiger partial charge is 0.251 e. The van der Waals surface area contributed by atoms with Crippen molar-refractivity contribution in [2.24, 2.45) is 5.73 Å². The standard InChI is InChI=1S/C22H22N2O2/c23-21(25)20(12-6-9-16-7-2-1-3-8-16)24-22(26)19-14-13-17-10-4-5-11-18(17)15-19/h1-5,7-8,10-11,13-15,20H,6,9,12H2,(H2,23,25)(H,24,26)/t20-/m1/s1. The molecule has 26 heavy (non-hydrogen) atoms. The molecule has 0 radical (unpaired) electrons. The first-order valence-corrected chi connectivity index (χ1v) is 8.76. The number of rotatable bonds is 7. The summed E-state index contributed by atoms with van der Waals surface area (Å²) >= 11 is 0. The normalized spacial score (nSPS) is 11.8. The maximum Gasteiger partial charge on any atom is 0.251 e. The molecular weight excluding hydrogens is 324 g/mol. The molecule has 1 atom stereocenters. The molecule has 0 aliphatic carbocycles. The Labute approximate surface area is 153 Å². The van der Waals surface area contributed by atoms with Gasteiger partial charge in [-0.25, -0.2) is 0 Å². The van der Waals surface area contributed by atoms with Gasteiger partial charge < -0.3 is 11.1 Å². The predicted octanol–water partition coefficient (Wildman–Crippen LogP) is 3.45. The van der Waals surface area contributed by atoms with Gasteiger partial charge in [-0.15, -0.1) is 0 Å². The molecule has 0 saturated heterocycles. The number of fused-ring (bicyclic) bond motifs is 1. The van der Waals surface area contributed by atoms with Gasteiger partial charge in [-0.3, -0.25) is 9.59 Å². The number of nitrogens with one attached hydrogen (secondary N) is 1. The lowest BCUT2D eigenvalue weighted by Crippen LogP contribution is -2.44. The molecule has 0 aromatic heterocycles. The average Bonchev–Trinajstić information content (AvgIpc) is 2.67. The van der Waals surface area contributed by atoms with Crippen molar-refractivity contribution in [3.8, 4) is 0 Å². The average molecular weight is 346 g/mol. The SMILES string of the molecule is NC(=O)[C@@H](CCCc1ccccc1)NC(=O)c1ccc2ccccc2c1. The Kier molecular flexibility index (Phi) is 5.64. The Hall–Kier alpha value is -3.14. The number of benzene rings is 3. The van der Waals surface area contributed by atoms with Crippen LogP contribution in [0.4, 0.5) is 0 Å². The summed E-state index contributed by atoms with van der Waals surface area (Å²) < 4.78 is 0. The first-order valence-electron chi connectivity index (χ1n) is 8.76. The Morgan fingerprint density at radius 2 is 1.58 bits per heavy atom. The summed E-state index contributed by atoms with van der Waals surface area (Å²) in [5.74, 6) is -0.786. The Bertz CT molecular complexity index is 906. The van der Waals surface area contributed by atoms with E-state index in [-0.39, 0.29) is 5.91 Å². The van der Waals surface area contributed by atoms with Crippen LogP contribution in [0.5, 0.6) is 0 Å². The number of carbonyl (C=O) groups excluding carboxylic acids is 2. The quantitative estimate of drug-likeness (QED) is 0.688. The van der Waals surface area contributed by atoms with Gasteiger partial charge in [-0.05, 0) is 47.7 Å². The highest BCUT2D eigenvalue weighted by Crippen LogP contribution is 2.16. The summed E-state index contributed by atoms with van der Waals surface area (Å²) in [5, 5.41) is 4.82. The van der Waals surface area contributed by atoms with E-state index < -0.39 is 11.9 Å². The van der Waals surface area contributed by atoms with Gasteiger partial charge >= 0.3 is 0 Å². The highest BCUT2D eigenvalue weighted by molar-refractivity contribution is 6.00. The molecule has 4 nitrogen and oxygen atoms in total. The van der Waals surface area contributed by atoms with Crippen LogP contribution in [0.25, 0.3) is 10.8 Å². The fourth-order valence-electron chi connectivity index (χ4n) is 3.01. The van der Waals surface area contributed by atoms with E-state index in [1.807, 2.05) is 66.7 Å². The first kappa shape index (κ1) is 17.7. The second-order valence-electron chi connectivity index (χ2n) is 6.37. The minimum Gasteiger partial charge on any atom is -0.368 e. The topological polar surface area (TPSA) is 72.2 Å². The fraction of sp³-hybridized carbons (Fsp3) is 0.182. The molecule has 132 valence electrons. The highest BCUT2D eigenvalue weighted by atomic mass is 16.2. The summed E-state index contributed by atoms with van der Waals surface area (Å²) in [6.07, 6.45) is 2.13. The van der Waals surface area contributed by atoms with Crippen LogP contribution in [0.1, 0.15) is 28.8 Å². The van der Waals surface area contributed by atoms with E-state index in [1.54, 1.807) is 6.07 Å². The number of amides is 2. The predicted molar refractivity (Wildman–Crippen MR) is 104 cm³/mol. The number of carbonyl (C=O) groups is 2. The van der Waals surface area contributed by atoms with E-state index in [9.17, 15) is 9.59 Å². The summed E-state index contributed by atoms with van der Waals surface area (Å²) in [7, 11) is 0. The molecule has 0 bridgehead atoms. The zero-order chi connectivity index (χ0) is 18.4. The third kappa shape index (κ3) is 4.48. The van der Waals surface area contributed by atoms with Crippen LogP contribution in [0.15, 0.2) is 72.8 Å². The van der Waals surface area contributed by atoms with Crippen molar-refractivity contribution in [2.45, 2.75) is 25.3 Å². The van der Waals surface area contributed by atoms with E-state index in [1.165, 1.54) is 5.56 Å².